The van der Waals surface area contributed by atoms with Crippen molar-refractivity contribution in [2.45, 2.75) is 20.0 Å². The highest BCUT2D eigenvalue weighted by molar-refractivity contribution is 9.10. The molecule has 154 valence electrons. The van der Waals surface area contributed by atoms with Crippen LogP contribution in [0.1, 0.15) is 24.2 Å². The molecule has 1 amide bonds. The van der Waals surface area contributed by atoms with E-state index in [9.17, 15) is 4.79 Å². The van der Waals surface area contributed by atoms with E-state index in [2.05, 4.69) is 36.3 Å². The SMILES string of the molecule is CC(C)OCCONC(=O)c1cc2snnc2c(F)c1Nc1ccc(Br)cc1Cl. The molecule has 1 aromatic heterocycles. The molecule has 0 bridgehead atoms. The quantitative estimate of drug-likeness (QED) is 0.329. The second kappa shape index (κ2) is 9.77. The number of rotatable bonds is 8. The second-order valence-corrected chi connectivity index (χ2v) is 8.29. The molecule has 0 atom stereocenters. The topological polar surface area (TPSA) is 85.4 Å². The summed E-state index contributed by atoms with van der Waals surface area (Å²) in [6.45, 7) is 4.25. The predicted octanol–water partition coefficient (Wildman–Crippen LogP) is 5.08. The maximum Gasteiger partial charge on any atom is 0.277 e. The van der Waals surface area contributed by atoms with Crippen molar-refractivity contribution in [3.05, 3.63) is 45.1 Å². The van der Waals surface area contributed by atoms with Crippen LogP contribution in [0, 0.1) is 5.82 Å². The number of hydrogen-bond donors (Lipinski definition) is 2. The lowest BCUT2D eigenvalue weighted by Gasteiger charge is -2.15. The Balaban J connectivity index is 1.87. The Hall–Kier alpha value is -1.85. The Bertz CT molecular complexity index is 1030. The van der Waals surface area contributed by atoms with E-state index in [0.29, 0.717) is 22.0 Å². The van der Waals surface area contributed by atoms with E-state index in [-0.39, 0.29) is 29.5 Å². The summed E-state index contributed by atoms with van der Waals surface area (Å²) in [5, 5.41) is 7.03. The van der Waals surface area contributed by atoms with Gasteiger partial charge in [0.15, 0.2) is 5.82 Å². The molecule has 2 aromatic carbocycles. The highest BCUT2D eigenvalue weighted by atomic mass is 79.9. The molecule has 0 saturated carbocycles. The Kier molecular flexibility index (Phi) is 7.36. The molecular weight excluding hydrogens is 487 g/mol. The van der Waals surface area contributed by atoms with Crippen molar-refractivity contribution >= 4 is 66.6 Å². The molecule has 0 aliphatic rings. The van der Waals surface area contributed by atoms with Gasteiger partial charge < -0.3 is 10.1 Å². The molecule has 2 N–H and O–H groups in total. The summed E-state index contributed by atoms with van der Waals surface area (Å²) in [4.78, 5) is 17.8. The molecule has 0 radical (unpaired) electrons. The summed E-state index contributed by atoms with van der Waals surface area (Å²) < 4.78 is 25.4. The Labute approximate surface area is 183 Å². The number of nitrogens with one attached hydrogen (secondary N) is 2. The van der Waals surface area contributed by atoms with Gasteiger partial charge in [-0.15, -0.1) is 5.10 Å². The summed E-state index contributed by atoms with van der Waals surface area (Å²) in [6.07, 6.45) is 0.0519. The molecule has 1 heterocycles. The van der Waals surface area contributed by atoms with Crippen LogP contribution in [-0.2, 0) is 9.57 Å². The molecule has 0 aliphatic carbocycles. The standard InChI is InChI=1S/C18H17BrClFN4O3S/c1-9(2)27-5-6-28-24-18(26)11-8-14-17(23-25-29-14)15(21)16(11)22-13-4-3-10(19)7-12(13)20/h3-4,7-9,22H,5-6H2,1-2H3,(H,24,26). The number of benzene rings is 2. The van der Waals surface area contributed by atoms with Gasteiger partial charge in [-0.05, 0) is 49.6 Å². The van der Waals surface area contributed by atoms with Crippen molar-refractivity contribution < 1.29 is 18.8 Å². The molecular formula is C18H17BrClFN4O3S. The van der Waals surface area contributed by atoms with Crippen LogP contribution in [0.15, 0.2) is 28.7 Å². The van der Waals surface area contributed by atoms with Crippen LogP contribution in [0.3, 0.4) is 0 Å². The monoisotopic (exact) mass is 502 g/mol. The molecule has 3 aromatic rings. The summed E-state index contributed by atoms with van der Waals surface area (Å²) in [5.74, 6) is -1.33. The fraction of sp³-hybridized carbons (Fsp3) is 0.278. The molecule has 11 heteroatoms. The predicted molar refractivity (Wildman–Crippen MR) is 114 cm³/mol. The highest BCUT2D eigenvalue weighted by Gasteiger charge is 2.22. The number of carbonyl (C=O) groups is 1. The summed E-state index contributed by atoms with van der Waals surface area (Å²) in [5.41, 5.74) is 2.75. The van der Waals surface area contributed by atoms with E-state index in [4.69, 9.17) is 21.2 Å². The average Bonchev–Trinajstić information content (AvgIpc) is 3.14. The smallest absolute Gasteiger partial charge is 0.277 e. The number of fused-ring (bicyclic) bond motifs is 1. The molecule has 3 rings (SSSR count). The number of hydroxylamine groups is 1. The zero-order valence-electron chi connectivity index (χ0n) is 15.5. The Morgan fingerprint density at radius 2 is 2.14 bits per heavy atom. The second-order valence-electron chi connectivity index (χ2n) is 6.18. The lowest BCUT2D eigenvalue weighted by Crippen LogP contribution is -2.27. The molecule has 0 aliphatic heterocycles. The van der Waals surface area contributed by atoms with E-state index < -0.39 is 11.7 Å². The zero-order chi connectivity index (χ0) is 21.0. The summed E-state index contributed by atoms with van der Waals surface area (Å²) >= 11 is 10.5. The first kappa shape index (κ1) is 21.8. The van der Waals surface area contributed by atoms with Gasteiger partial charge in [-0.2, -0.15) is 0 Å². The minimum atomic E-state index is -0.705. The van der Waals surface area contributed by atoms with E-state index in [1.807, 2.05) is 13.8 Å². The van der Waals surface area contributed by atoms with Crippen molar-refractivity contribution in [1.29, 1.82) is 0 Å². The van der Waals surface area contributed by atoms with Crippen LogP contribution in [0.4, 0.5) is 15.8 Å². The van der Waals surface area contributed by atoms with Gasteiger partial charge in [0, 0.05) is 4.47 Å². The zero-order valence-corrected chi connectivity index (χ0v) is 18.6. The number of halogens is 3. The van der Waals surface area contributed by atoms with E-state index >= 15 is 4.39 Å². The third-order valence-electron chi connectivity index (χ3n) is 3.72. The van der Waals surface area contributed by atoms with Gasteiger partial charge >= 0.3 is 0 Å². The minimum Gasteiger partial charge on any atom is -0.376 e. The van der Waals surface area contributed by atoms with E-state index in [0.717, 1.165) is 16.0 Å². The Morgan fingerprint density at radius 1 is 1.34 bits per heavy atom. The summed E-state index contributed by atoms with van der Waals surface area (Å²) in [7, 11) is 0. The fourth-order valence-electron chi connectivity index (χ4n) is 2.41. The van der Waals surface area contributed by atoms with Gasteiger partial charge in [0.1, 0.15) is 5.52 Å². The van der Waals surface area contributed by atoms with Gasteiger partial charge in [0.05, 0.1) is 46.0 Å². The highest BCUT2D eigenvalue weighted by Crippen LogP contribution is 2.34. The van der Waals surface area contributed by atoms with Gasteiger partial charge in [-0.25, -0.2) is 9.87 Å². The van der Waals surface area contributed by atoms with Crippen LogP contribution >= 0.6 is 39.1 Å². The normalized spacial score (nSPS) is 11.2. The van der Waals surface area contributed by atoms with Gasteiger partial charge in [0.2, 0.25) is 0 Å². The van der Waals surface area contributed by atoms with Crippen molar-refractivity contribution in [2.75, 3.05) is 18.5 Å². The number of aromatic nitrogens is 2. The number of amides is 1. The molecule has 0 spiro atoms. The van der Waals surface area contributed by atoms with E-state index in [1.54, 1.807) is 18.2 Å². The van der Waals surface area contributed by atoms with Crippen LogP contribution in [-0.4, -0.2) is 34.8 Å². The van der Waals surface area contributed by atoms with Gasteiger partial charge in [-0.1, -0.05) is 32.0 Å². The third kappa shape index (κ3) is 5.40. The maximum absolute atomic E-state index is 15.1. The largest absolute Gasteiger partial charge is 0.376 e. The first-order valence-electron chi connectivity index (χ1n) is 8.57. The third-order valence-corrected chi connectivity index (χ3v) is 5.20. The average molecular weight is 504 g/mol. The maximum atomic E-state index is 15.1. The minimum absolute atomic E-state index is 0.0322. The van der Waals surface area contributed by atoms with Crippen LogP contribution in [0.25, 0.3) is 10.2 Å². The number of carbonyl (C=O) groups excluding carboxylic acids is 1. The number of anilines is 2. The molecule has 0 fully saturated rings. The Morgan fingerprint density at radius 3 is 2.86 bits per heavy atom. The number of ether oxygens (including phenoxy) is 1. The molecule has 0 saturated heterocycles. The first-order chi connectivity index (χ1) is 13.9. The first-order valence-corrected chi connectivity index (χ1v) is 10.5. The van der Waals surface area contributed by atoms with Crippen molar-refractivity contribution in [3.8, 4) is 0 Å². The van der Waals surface area contributed by atoms with Crippen molar-refractivity contribution in [1.82, 2.24) is 15.1 Å². The molecule has 29 heavy (non-hydrogen) atoms. The van der Waals surface area contributed by atoms with Gasteiger partial charge in [-0.3, -0.25) is 9.63 Å². The van der Waals surface area contributed by atoms with Crippen LogP contribution in [0.2, 0.25) is 5.02 Å². The lowest BCUT2D eigenvalue weighted by molar-refractivity contribution is -0.0147. The van der Waals surface area contributed by atoms with Crippen LogP contribution in [0.5, 0.6) is 0 Å². The molecule has 7 nitrogen and oxygen atoms in total. The number of nitrogens with zero attached hydrogens (tertiary/aromatic N) is 2. The lowest BCUT2D eigenvalue weighted by atomic mass is 10.1. The van der Waals surface area contributed by atoms with E-state index in [1.165, 1.54) is 6.07 Å². The number of hydrogen-bond acceptors (Lipinski definition) is 7. The fourth-order valence-corrected chi connectivity index (χ4v) is 3.73. The molecule has 0 unspecified atom stereocenters. The van der Waals surface area contributed by atoms with Crippen molar-refractivity contribution in [3.63, 3.8) is 0 Å². The summed E-state index contributed by atoms with van der Waals surface area (Å²) in [6, 6.07) is 6.56. The van der Waals surface area contributed by atoms with Crippen LogP contribution < -0.4 is 10.8 Å². The van der Waals surface area contributed by atoms with Crippen molar-refractivity contribution in [2.24, 2.45) is 0 Å². The van der Waals surface area contributed by atoms with Gasteiger partial charge in [0.25, 0.3) is 5.91 Å².